The molecule has 23 heavy (non-hydrogen) atoms. The number of hydrogen-bond acceptors (Lipinski definition) is 2. The van der Waals surface area contributed by atoms with E-state index in [1.54, 1.807) is 0 Å². The molecule has 6 heteroatoms. The van der Waals surface area contributed by atoms with E-state index < -0.39 is 11.6 Å². The van der Waals surface area contributed by atoms with Crippen LogP contribution in [0.25, 0.3) is 0 Å². The topological polar surface area (TPSA) is 45.6 Å². The summed E-state index contributed by atoms with van der Waals surface area (Å²) in [4.78, 5) is 4.28. The standard InChI is InChI=1S/C17H27F2N3O/c1-3-5-10-23-11-6-9-21-17(20-4-2)22-13-14-12-15(18)7-8-16(14)19/h7-8,12H,3-6,9-11,13H2,1-2H3,(H2,20,21,22). The molecule has 0 atom stereocenters. The maximum Gasteiger partial charge on any atom is 0.191 e. The summed E-state index contributed by atoms with van der Waals surface area (Å²) in [6.07, 6.45) is 3.07. The van der Waals surface area contributed by atoms with E-state index in [0.29, 0.717) is 25.7 Å². The summed E-state index contributed by atoms with van der Waals surface area (Å²) < 4.78 is 32.2. The first-order chi connectivity index (χ1) is 11.2. The van der Waals surface area contributed by atoms with Crippen molar-refractivity contribution in [3.63, 3.8) is 0 Å². The summed E-state index contributed by atoms with van der Waals surface area (Å²) in [7, 11) is 0. The fourth-order valence-corrected chi connectivity index (χ4v) is 1.90. The van der Waals surface area contributed by atoms with Gasteiger partial charge in [-0.25, -0.2) is 13.8 Å². The third-order valence-corrected chi connectivity index (χ3v) is 3.16. The average Bonchev–Trinajstić information content (AvgIpc) is 2.54. The zero-order valence-electron chi connectivity index (χ0n) is 14.0. The van der Waals surface area contributed by atoms with E-state index >= 15 is 0 Å². The van der Waals surface area contributed by atoms with E-state index in [0.717, 1.165) is 38.0 Å². The maximum absolute atomic E-state index is 13.6. The minimum atomic E-state index is -0.459. The van der Waals surface area contributed by atoms with Crippen molar-refractivity contribution in [3.05, 3.63) is 35.4 Å². The lowest BCUT2D eigenvalue weighted by Gasteiger charge is -2.11. The van der Waals surface area contributed by atoms with Gasteiger partial charge in [-0.3, -0.25) is 0 Å². The van der Waals surface area contributed by atoms with Crippen molar-refractivity contribution < 1.29 is 13.5 Å². The van der Waals surface area contributed by atoms with Crippen LogP contribution >= 0.6 is 0 Å². The van der Waals surface area contributed by atoms with E-state index in [1.165, 1.54) is 6.07 Å². The number of halogens is 2. The summed E-state index contributed by atoms with van der Waals surface area (Å²) in [5, 5.41) is 6.24. The van der Waals surface area contributed by atoms with Gasteiger partial charge in [0.15, 0.2) is 5.96 Å². The second-order valence-electron chi connectivity index (χ2n) is 5.18. The summed E-state index contributed by atoms with van der Waals surface area (Å²) in [5.41, 5.74) is 0.241. The number of rotatable bonds is 10. The Morgan fingerprint density at radius 3 is 2.65 bits per heavy atom. The summed E-state index contributed by atoms with van der Waals surface area (Å²) >= 11 is 0. The van der Waals surface area contributed by atoms with Crippen LogP contribution in [0.4, 0.5) is 8.78 Å². The van der Waals surface area contributed by atoms with Crippen molar-refractivity contribution in [3.8, 4) is 0 Å². The van der Waals surface area contributed by atoms with Crippen LogP contribution in [-0.2, 0) is 11.3 Å². The van der Waals surface area contributed by atoms with Gasteiger partial charge in [0, 0.05) is 31.9 Å². The minimum absolute atomic E-state index is 0.0892. The van der Waals surface area contributed by atoms with Crippen molar-refractivity contribution in [2.75, 3.05) is 26.3 Å². The summed E-state index contributed by atoms with van der Waals surface area (Å²) in [5.74, 6) is -0.321. The minimum Gasteiger partial charge on any atom is -0.381 e. The molecule has 0 aliphatic carbocycles. The third-order valence-electron chi connectivity index (χ3n) is 3.16. The molecule has 0 radical (unpaired) electrons. The Balaban J connectivity index is 2.39. The van der Waals surface area contributed by atoms with Crippen LogP contribution in [0.5, 0.6) is 0 Å². The molecule has 1 aromatic carbocycles. The Morgan fingerprint density at radius 1 is 1.13 bits per heavy atom. The quantitative estimate of drug-likeness (QED) is 0.394. The van der Waals surface area contributed by atoms with Crippen LogP contribution in [0.1, 0.15) is 38.7 Å². The van der Waals surface area contributed by atoms with Crippen LogP contribution < -0.4 is 10.6 Å². The molecule has 0 bridgehead atoms. The van der Waals surface area contributed by atoms with E-state index in [9.17, 15) is 8.78 Å². The van der Waals surface area contributed by atoms with Gasteiger partial charge in [0.2, 0.25) is 0 Å². The van der Waals surface area contributed by atoms with Gasteiger partial charge in [0.05, 0.1) is 6.54 Å². The lowest BCUT2D eigenvalue weighted by Crippen LogP contribution is -2.38. The number of ether oxygens (including phenoxy) is 1. The SMILES string of the molecule is CCCCOCCCNC(=NCc1cc(F)ccc1F)NCC. The lowest BCUT2D eigenvalue weighted by atomic mass is 10.2. The van der Waals surface area contributed by atoms with Crippen LogP contribution in [-0.4, -0.2) is 32.3 Å². The van der Waals surface area contributed by atoms with Crippen LogP contribution in [0, 0.1) is 11.6 Å². The molecule has 1 aromatic rings. The van der Waals surface area contributed by atoms with Crippen molar-refractivity contribution >= 4 is 5.96 Å². The van der Waals surface area contributed by atoms with Gasteiger partial charge >= 0.3 is 0 Å². The van der Waals surface area contributed by atoms with Crippen molar-refractivity contribution in [2.24, 2.45) is 4.99 Å². The molecule has 130 valence electrons. The Hall–Kier alpha value is -1.69. The number of aliphatic imine (C=N–C) groups is 1. The zero-order valence-corrected chi connectivity index (χ0v) is 14.0. The fraction of sp³-hybridized carbons (Fsp3) is 0.588. The number of nitrogens with one attached hydrogen (secondary N) is 2. The normalized spacial score (nSPS) is 11.6. The lowest BCUT2D eigenvalue weighted by molar-refractivity contribution is 0.129. The maximum atomic E-state index is 13.6. The second-order valence-corrected chi connectivity index (χ2v) is 5.18. The first-order valence-electron chi connectivity index (χ1n) is 8.21. The Labute approximate surface area is 137 Å². The van der Waals surface area contributed by atoms with Gasteiger partial charge in [-0.05, 0) is 38.0 Å². The molecule has 0 aliphatic heterocycles. The molecular weight excluding hydrogens is 300 g/mol. The highest BCUT2D eigenvalue weighted by molar-refractivity contribution is 5.79. The molecular formula is C17H27F2N3O. The number of hydrogen-bond donors (Lipinski definition) is 2. The zero-order chi connectivity index (χ0) is 16.9. The summed E-state index contributed by atoms with van der Waals surface area (Å²) in [6, 6.07) is 3.39. The van der Waals surface area contributed by atoms with E-state index in [1.807, 2.05) is 6.92 Å². The second kappa shape index (κ2) is 11.8. The Kier molecular flexibility index (Phi) is 9.95. The number of nitrogens with zero attached hydrogens (tertiary/aromatic N) is 1. The third kappa shape index (κ3) is 8.50. The van der Waals surface area contributed by atoms with Crippen molar-refractivity contribution in [2.45, 2.75) is 39.7 Å². The molecule has 0 spiro atoms. The molecule has 0 fully saturated rings. The first kappa shape index (κ1) is 19.4. The van der Waals surface area contributed by atoms with Crippen molar-refractivity contribution in [1.82, 2.24) is 10.6 Å². The molecule has 2 N–H and O–H groups in total. The largest absolute Gasteiger partial charge is 0.381 e. The number of guanidine groups is 1. The molecule has 1 rings (SSSR count). The van der Waals surface area contributed by atoms with Crippen LogP contribution in [0.15, 0.2) is 23.2 Å². The van der Waals surface area contributed by atoms with Gasteiger partial charge in [0.25, 0.3) is 0 Å². The Morgan fingerprint density at radius 2 is 1.91 bits per heavy atom. The van der Waals surface area contributed by atoms with E-state index in [2.05, 4.69) is 22.5 Å². The van der Waals surface area contributed by atoms with Gasteiger partial charge in [-0.1, -0.05) is 13.3 Å². The first-order valence-corrected chi connectivity index (χ1v) is 8.21. The van der Waals surface area contributed by atoms with Crippen LogP contribution in [0.2, 0.25) is 0 Å². The summed E-state index contributed by atoms with van der Waals surface area (Å²) in [6.45, 7) is 7.08. The van der Waals surface area contributed by atoms with Gasteiger partial charge in [-0.15, -0.1) is 0 Å². The van der Waals surface area contributed by atoms with Gasteiger partial charge in [0.1, 0.15) is 11.6 Å². The number of unbranched alkanes of at least 4 members (excludes halogenated alkanes) is 1. The predicted octanol–water partition coefficient (Wildman–Crippen LogP) is 3.23. The van der Waals surface area contributed by atoms with E-state index in [4.69, 9.17) is 4.74 Å². The van der Waals surface area contributed by atoms with Gasteiger partial charge in [-0.2, -0.15) is 0 Å². The van der Waals surface area contributed by atoms with Gasteiger partial charge < -0.3 is 15.4 Å². The molecule has 0 aliphatic rings. The molecule has 0 aromatic heterocycles. The molecule has 0 saturated heterocycles. The molecule has 0 saturated carbocycles. The highest BCUT2D eigenvalue weighted by Gasteiger charge is 2.04. The molecule has 0 amide bonds. The molecule has 4 nitrogen and oxygen atoms in total. The molecule has 0 unspecified atom stereocenters. The molecule has 0 heterocycles. The smallest absolute Gasteiger partial charge is 0.191 e. The Bertz CT molecular complexity index is 481. The predicted molar refractivity (Wildman–Crippen MR) is 89.5 cm³/mol. The monoisotopic (exact) mass is 327 g/mol. The van der Waals surface area contributed by atoms with E-state index in [-0.39, 0.29) is 12.1 Å². The number of benzene rings is 1. The highest BCUT2D eigenvalue weighted by atomic mass is 19.1. The van der Waals surface area contributed by atoms with Crippen LogP contribution in [0.3, 0.4) is 0 Å². The average molecular weight is 327 g/mol. The van der Waals surface area contributed by atoms with Crippen molar-refractivity contribution in [1.29, 1.82) is 0 Å². The highest BCUT2D eigenvalue weighted by Crippen LogP contribution is 2.10. The fourth-order valence-electron chi connectivity index (χ4n) is 1.90.